The molecule has 0 aromatic heterocycles. The maximum Gasteiger partial charge on any atom is 0.0580 e. The van der Waals surface area contributed by atoms with Gasteiger partial charge in [-0.25, -0.2) is 0 Å². The van der Waals surface area contributed by atoms with Gasteiger partial charge < -0.3 is 5.32 Å². The van der Waals surface area contributed by atoms with Crippen molar-refractivity contribution in [2.45, 2.75) is 19.9 Å². The molecule has 0 aliphatic carbocycles. The van der Waals surface area contributed by atoms with Crippen molar-refractivity contribution < 1.29 is 0 Å². The van der Waals surface area contributed by atoms with Crippen LogP contribution in [-0.2, 0) is 0 Å². The molecule has 0 amide bonds. The summed E-state index contributed by atoms with van der Waals surface area (Å²) in [5.41, 5.74) is 3.75. The fourth-order valence-corrected chi connectivity index (χ4v) is 3.15. The van der Waals surface area contributed by atoms with Gasteiger partial charge in [0, 0.05) is 9.50 Å². The molecule has 2 aromatic rings. The minimum atomic E-state index is 0.168. The number of hydrogen-bond acceptors (Lipinski definition) is 1. The molecule has 0 heterocycles. The summed E-state index contributed by atoms with van der Waals surface area (Å²) in [6, 6.07) is 14.7. The third-order valence-electron chi connectivity index (χ3n) is 3.13. The molecule has 1 nitrogen and oxygen atoms in total. The second-order valence-electron chi connectivity index (χ2n) is 4.55. The molecule has 19 heavy (non-hydrogen) atoms. The molecule has 0 radical (unpaired) electrons. The van der Waals surface area contributed by atoms with Crippen LogP contribution in [0.4, 0.5) is 0 Å². The van der Waals surface area contributed by atoms with E-state index in [1.54, 1.807) is 0 Å². The zero-order chi connectivity index (χ0) is 13.8. The van der Waals surface area contributed by atoms with Crippen LogP contribution in [0.25, 0.3) is 0 Å². The predicted molar refractivity (Wildman–Crippen MR) is 85.9 cm³/mol. The van der Waals surface area contributed by atoms with E-state index >= 15 is 0 Å². The van der Waals surface area contributed by atoms with Crippen molar-refractivity contribution in [3.63, 3.8) is 0 Å². The van der Waals surface area contributed by atoms with Crippen LogP contribution in [0.5, 0.6) is 0 Å². The number of hydrogen-bond donors (Lipinski definition) is 1. The maximum atomic E-state index is 6.16. The molecule has 2 aromatic carbocycles. The summed E-state index contributed by atoms with van der Waals surface area (Å²) in [4.78, 5) is 0. The van der Waals surface area contributed by atoms with Gasteiger partial charge in [-0.05, 0) is 48.4 Å². The molecule has 1 unspecified atom stereocenters. The molecule has 0 saturated carbocycles. The summed E-state index contributed by atoms with van der Waals surface area (Å²) in [5.74, 6) is 0. The molecule has 3 heteroatoms. The molecule has 0 bridgehead atoms. The number of halogens is 2. The molecule has 0 saturated heterocycles. The highest BCUT2D eigenvalue weighted by Crippen LogP contribution is 2.29. The average molecular weight is 339 g/mol. The summed E-state index contributed by atoms with van der Waals surface area (Å²) in [7, 11) is 0. The summed E-state index contributed by atoms with van der Waals surface area (Å²) >= 11 is 9.68. The lowest BCUT2D eigenvalue weighted by Gasteiger charge is -2.21. The van der Waals surface area contributed by atoms with Crippen molar-refractivity contribution in [2.75, 3.05) is 6.54 Å². The monoisotopic (exact) mass is 337 g/mol. The number of rotatable bonds is 4. The van der Waals surface area contributed by atoms with Gasteiger partial charge in [0.05, 0.1) is 6.04 Å². The maximum absolute atomic E-state index is 6.16. The highest BCUT2D eigenvalue weighted by molar-refractivity contribution is 9.10. The molecule has 1 atom stereocenters. The number of benzene rings is 2. The van der Waals surface area contributed by atoms with Gasteiger partial charge in [-0.15, -0.1) is 0 Å². The third-order valence-corrected chi connectivity index (χ3v) is 3.80. The van der Waals surface area contributed by atoms with Crippen LogP contribution in [0, 0.1) is 6.92 Å². The largest absolute Gasteiger partial charge is 0.307 e. The van der Waals surface area contributed by atoms with Gasteiger partial charge in [0.15, 0.2) is 0 Å². The number of aryl methyl sites for hydroxylation is 1. The van der Waals surface area contributed by atoms with E-state index in [1.165, 1.54) is 16.7 Å². The topological polar surface area (TPSA) is 12.0 Å². The highest BCUT2D eigenvalue weighted by Gasteiger charge is 2.15. The fourth-order valence-electron chi connectivity index (χ4n) is 2.26. The Morgan fingerprint density at radius 2 is 1.95 bits per heavy atom. The zero-order valence-corrected chi connectivity index (χ0v) is 13.4. The van der Waals surface area contributed by atoms with Crippen LogP contribution in [0.2, 0.25) is 5.02 Å². The zero-order valence-electron chi connectivity index (χ0n) is 11.1. The average Bonchev–Trinajstić information content (AvgIpc) is 2.36. The summed E-state index contributed by atoms with van der Waals surface area (Å²) in [5, 5.41) is 4.28. The summed E-state index contributed by atoms with van der Waals surface area (Å²) < 4.78 is 1.01. The van der Waals surface area contributed by atoms with Gasteiger partial charge in [0.2, 0.25) is 0 Å². The Morgan fingerprint density at radius 3 is 2.58 bits per heavy atom. The Hall–Kier alpha value is -0.830. The first kappa shape index (κ1) is 14.6. The Labute approximate surface area is 128 Å². The van der Waals surface area contributed by atoms with Crippen LogP contribution in [0.1, 0.15) is 29.7 Å². The summed E-state index contributed by atoms with van der Waals surface area (Å²) in [6.45, 7) is 5.16. The minimum Gasteiger partial charge on any atom is -0.307 e. The van der Waals surface area contributed by atoms with E-state index in [2.05, 4.69) is 65.4 Å². The van der Waals surface area contributed by atoms with Crippen LogP contribution in [-0.4, -0.2) is 6.54 Å². The van der Waals surface area contributed by atoms with Crippen molar-refractivity contribution in [3.8, 4) is 0 Å². The first-order chi connectivity index (χ1) is 9.11. The molecule has 0 fully saturated rings. The van der Waals surface area contributed by atoms with Gasteiger partial charge in [0.1, 0.15) is 0 Å². The molecular formula is C16H17BrClN. The van der Waals surface area contributed by atoms with Crippen molar-refractivity contribution in [1.82, 2.24) is 5.32 Å². The van der Waals surface area contributed by atoms with E-state index in [1.807, 2.05) is 12.1 Å². The fraction of sp³-hybridized carbons (Fsp3) is 0.250. The molecular weight excluding hydrogens is 322 g/mol. The lowest BCUT2D eigenvalue weighted by Crippen LogP contribution is -2.22. The lowest BCUT2D eigenvalue weighted by atomic mass is 9.95. The molecule has 2 rings (SSSR count). The van der Waals surface area contributed by atoms with Crippen molar-refractivity contribution in [3.05, 3.63) is 68.7 Å². The lowest BCUT2D eigenvalue weighted by molar-refractivity contribution is 0.627. The quantitative estimate of drug-likeness (QED) is 0.817. The first-order valence-electron chi connectivity index (χ1n) is 6.36. The second kappa shape index (κ2) is 6.56. The van der Waals surface area contributed by atoms with E-state index in [0.29, 0.717) is 0 Å². The molecule has 1 N–H and O–H groups in total. The van der Waals surface area contributed by atoms with Gasteiger partial charge in [-0.1, -0.05) is 58.7 Å². The first-order valence-corrected chi connectivity index (χ1v) is 7.54. The highest BCUT2D eigenvalue weighted by atomic mass is 79.9. The van der Waals surface area contributed by atoms with Crippen LogP contribution in [0.15, 0.2) is 46.9 Å². The standard InChI is InChI=1S/C16H17BrClN/c1-3-19-16(15-7-5-4-6-11(15)2)12-8-13(17)10-14(18)9-12/h4-10,16,19H,3H2,1-2H3. The van der Waals surface area contributed by atoms with Gasteiger partial charge in [0.25, 0.3) is 0 Å². The number of nitrogens with one attached hydrogen (secondary N) is 1. The van der Waals surface area contributed by atoms with Crippen LogP contribution >= 0.6 is 27.5 Å². The van der Waals surface area contributed by atoms with Gasteiger partial charge >= 0.3 is 0 Å². The SMILES string of the molecule is CCNC(c1cc(Cl)cc(Br)c1)c1ccccc1C. The Bertz CT molecular complexity index is 548. The minimum absolute atomic E-state index is 0.168. The van der Waals surface area contributed by atoms with Crippen LogP contribution in [0.3, 0.4) is 0 Å². The Morgan fingerprint density at radius 1 is 1.21 bits per heavy atom. The Kier molecular flexibility index (Phi) is 5.03. The normalized spacial score (nSPS) is 12.4. The Balaban J connectivity index is 2.48. The van der Waals surface area contributed by atoms with E-state index in [9.17, 15) is 0 Å². The van der Waals surface area contributed by atoms with Gasteiger partial charge in [-0.3, -0.25) is 0 Å². The second-order valence-corrected chi connectivity index (χ2v) is 5.90. The smallest absolute Gasteiger partial charge is 0.0580 e. The van der Waals surface area contributed by atoms with Gasteiger partial charge in [-0.2, -0.15) is 0 Å². The third kappa shape index (κ3) is 3.59. The van der Waals surface area contributed by atoms with E-state index in [0.717, 1.165) is 16.0 Å². The predicted octanol–water partition coefficient (Wildman–Crippen LogP) is 5.11. The molecule has 100 valence electrons. The summed E-state index contributed by atoms with van der Waals surface area (Å²) in [6.07, 6.45) is 0. The van der Waals surface area contributed by atoms with E-state index < -0.39 is 0 Å². The van der Waals surface area contributed by atoms with E-state index in [-0.39, 0.29) is 6.04 Å². The van der Waals surface area contributed by atoms with E-state index in [4.69, 9.17) is 11.6 Å². The van der Waals surface area contributed by atoms with Crippen molar-refractivity contribution >= 4 is 27.5 Å². The molecule has 0 aliphatic rings. The molecule has 0 aliphatic heterocycles. The molecule has 0 spiro atoms. The van der Waals surface area contributed by atoms with Crippen molar-refractivity contribution in [1.29, 1.82) is 0 Å². The van der Waals surface area contributed by atoms with Crippen molar-refractivity contribution in [2.24, 2.45) is 0 Å². The van der Waals surface area contributed by atoms with Crippen LogP contribution < -0.4 is 5.32 Å².